The van der Waals surface area contributed by atoms with Gasteiger partial charge >= 0.3 is 0 Å². The van der Waals surface area contributed by atoms with Crippen molar-refractivity contribution in [1.29, 1.82) is 0 Å². The number of rotatable bonds is 4. The van der Waals surface area contributed by atoms with Crippen LogP contribution in [0.3, 0.4) is 0 Å². The first-order chi connectivity index (χ1) is 7.83. The van der Waals surface area contributed by atoms with Gasteiger partial charge < -0.3 is 10.6 Å². The molecule has 0 bridgehead atoms. The molecule has 0 amide bonds. The van der Waals surface area contributed by atoms with Crippen molar-refractivity contribution >= 4 is 29.9 Å². The zero-order chi connectivity index (χ0) is 11.4. The summed E-state index contributed by atoms with van der Waals surface area (Å²) in [7, 11) is 1.81. The van der Waals surface area contributed by atoms with Crippen LogP contribution >= 0.6 is 24.0 Å². The summed E-state index contributed by atoms with van der Waals surface area (Å²) in [5.74, 6) is 0.891. The van der Waals surface area contributed by atoms with Gasteiger partial charge in [0.15, 0.2) is 5.96 Å². The van der Waals surface area contributed by atoms with E-state index < -0.39 is 0 Å². The van der Waals surface area contributed by atoms with E-state index in [0.717, 1.165) is 18.5 Å². The maximum Gasteiger partial charge on any atom is 0.191 e. The molecule has 4 nitrogen and oxygen atoms in total. The van der Waals surface area contributed by atoms with Crippen LogP contribution in [-0.2, 0) is 0 Å². The SMILES string of the molecule is C=CCNC(=NC)NC1CCN(C2CC2)C1.I. The predicted octanol–water partition coefficient (Wildman–Crippen LogP) is 1.19. The first-order valence-electron chi connectivity index (χ1n) is 6.15. The third kappa shape index (κ3) is 4.46. The Labute approximate surface area is 121 Å². The van der Waals surface area contributed by atoms with Crippen molar-refractivity contribution in [3.8, 4) is 0 Å². The Kier molecular flexibility index (Phi) is 6.26. The summed E-state index contributed by atoms with van der Waals surface area (Å²) in [6, 6.07) is 1.44. The van der Waals surface area contributed by atoms with Crippen LogP contribution < -0.4 is 10.6 Å². The summed E-state index contributed by atoms with van der Waals surface area (Å²) < 4.78 is 0. The molecule has 1 heterocycles. The number of nitrogens with zero attached hydrogens (tertiary/aromatic N) is 2. The summed E-state index contributed by atoms with van der Waals surface area (Å²) in [5.41, 5.74) is 0. The molecule has 98 valence electrons. The third-order valence-electron chi connectivity index (χ3n) is 3.26. The molecule has 1 aliphatic carbocycles. The quantitative estimate of drug-likeness (QED) is 0.346. The number of hydrogen-bond donors (Lipinski definition) is 2. The van der Waals surface area contributed by atoms with Gasteiger partial charge in [0, 0.05) is 38.8 Å². The monoisotopic (exact) mass is 350 g/mol. The number of halogens is 1. The molecule has 2 fully saturated rings. The molecule has 1 saturated carbocycles. The average molecular weight is 350 g/mol. The van der Waals surface area contributed by atoms with E-state index in [1.165, 1.54) is 32.4 Å². The van der Waals surface area contributed by atoms with Gasteiger partial charge in [-0.15, -0.1) is 30.6 Å². The molecule has 2 rings (SSSR count). The van der Waals surface area contributed by atoms with Crippen molar-refractivity contribution in [2.45, 2.75) is 31.3 Å². The Hall–Kier alpha value is -0.300. The standard InChI is InChI=1S/C12H22N4.HI/c1-3-7-14-12(13-2)15-10-6-8-16(9-10)11-4-5-11;/h3,10-11H,1,4-9H2,2H3,(H2,13,14,15);1H. The molecule has 1 unspecified atom stereocenters. The molecule has 0 radical (unpaired) electrons. The number of likely N-dealkylation sites (tertiary alicyclic amines) is 1. The molecule has 0 spiro atoms. The highest BCUT2D eigenvalue weighted by molar-refractivity contribution is 14.0. The molecule has 1 aliphatic heterocycles. The van der Waals surface area contributed by atoms with Crippen LogP contribution in [0, 0.1) is 0 Å². The van der Waals surface area contributed by atoms with E-state index in [1.54, 1.807) is 0 Å². The summed E-state index contributed by atoms with van der Waals surface area (Å²) in [5, 5.41) is 6.67. The predicted molar refractivity (Wildman–Crippen MR) is 83.1 cm³/mol. The molecule has 0 aromatic carbocycles. The number of guanidine groups is 1. The molecule has 2 aliphatic rings. The Bertz CT molecular complexity index is 276. The fourth-order valence-corrected chi connectivity index (χ4v) is 2.23. The van der Waals surface area contributed by atoms with Crippen LogP contribution in [0.4, 0.5) is 0 Å². The third-order valence-corrected chi connectivity index (χ3v) is 3.26. The van der Waals surface area contributed by atoms with Gasteiger partial charge in [0.2, 0.25) is 0 Å². The molecule has 0 aromatic heterocycles. The maximum absolute atomic E-state index is 4.20. The van der Waals surface area contributed by atoms with Crippen molar-refractivity contribution in [2.75, 3.05) is 26.7 Å². The van der Waals surface area contributed by atoms with Crippen LogP contribution in [0.25, 0.3) is 0 Å². The van der Waals surface area contributed by atoms with Gasteiger partial charge in [-0.1, -0.05) is 6.08 Å². The van der Waals surface area contributed by atoms with Gasteiger partial charge in [0.1, 0.15) is 0 Å². The smallest absolute Gasteiger partial charge is 0.191 e. The normalized spacial score (nSPS) is 25.2. The van der Waals surface area contributed by atoms with E-state index in [-0.39, 0.29) is 24.0 Å². The summed E-state index contributed by atoms with van der Waals surface area (Å²) in [6.45, 7) is 6.85. The Morgan fingerprint density at radius 1 is 1.47 bits per heavy atom. The van der Waals surface area contributed by atoms with E-state index in [1.807, 2.05) is 13.1 Å². The van der Waals surface area contributed by atoms with Crippen LogP contribution in [0.2, 0.25) is 0 Å². The molecule has 1 saturated heterocycles. The Balaban J connectivity index is 0.00000144. The van der Waals surface area contributed by atoms with E-state index >= 15 is 0 Å². The number of aliphatic imine (C=N–C) groups is 1. The first kappa shape index (κ1) is 14.8. The zero-order valence-corrected chi connectivity index (χ0v) is 12.8. The number of nitrogens with one attached hydrogen (secondary N) is 2. The largest absolute Gasteiger partial charge is 0.353 e. The van der Waals surface area contributed by atoms with Crippen molar-refractivity contribution in [1.82, 2.24) is 15.5 Å². The minimum atomic E-state index is 0. The van der Waals surface area contributed by atoms with Gasteiger partial charge in [-0.3, -0.25) is 9.89 Å². The molecular weight excluding hydrogens is 327 g/mol. The van der Waals surface area contributed by atoms with Gasteiger partial charge in [-0.2, -0.15) is 0 Å². The molecule has 0 aromatic rings. The van der Waals surface area contributed by atoms with Crippen molar-refractivity contribution in [3.63, 3.8) is 0 Å². The molecular formula is C12H23IN4. The lowest BCUT2D eigenvalue weighted by Gasteiger charge is -2.18. The average Bonchev–Trinajstić information content (AvgIpc) is 3.05. The molecule has 1 atom stereocenters. The number of hydrogen-bond acceptors (Lipinski definition) is 2. The van der Waals surface area contributed by atoms with Gasteiger partial charge in [0.05, 0.1) is 0 Å². The lowest BCUT2D eigenvalue weighted by Crippen LogP contribution is -2.44. The van der Waals surface area contributed by atoms with Crippen LogP contribution in [0.5, 0.6) is 0 Å². The molecule has 5 heteroatoms. The first-order valence-corrected chi connectivity index (χ1v) is 6.15. The fraction of sp³-hybridized carbons (Fsp3) is 0.750. The van der Waals surface area contributed by atoms with Crippen LogP contribution in [-0.4, -0.2) is 49.6 Å². The lowest BCUT2D eigenvalue weighted by molar-refractivity contribution is 0.321. The summed E-state index contributed by atoms with van der Waals surface area (Å²) in [6.07, 6.45) is 5.87. The second kappa shape index (κ2) is 7.20. The zero-order valence-electron chi connectivity index (χ0n) is 10.5. The minimum Gasteiger partial charge on any atom is -0.353 e. The van der Waals surface area contributed by atoms with E-state index in [4.69, 9.17) is 0 Å². The minimum absolute atomic E-state index is 0. The topological polar surface area (TPSA) is 39.7 Å². The van der Waals surface area contributed by atoms with E-state index in [2.05, 4.69) is 27.1 Å². The fourth-order valence-electron chi connectivity index (χ4n) is 2.23. The van der Waals surface area contributed by atoms with Crippen LogP contribution in [0.1, 0.15) is 19.3 Å². The highest BCUT2D eigenvalue weighted by Gasteiger charge is 2.34. The van der Waals surface area contributed by atoms with Gasteiger partial charge in [-0.25, -0.2) is 0 Å². The Morgan fingerprint density at radius 2 is 2.24 bits per heavy atom. The second-order valence-electron chi connectivity index (χ2n) is 4.60. The highest BCUT2D eigenvalue weighted by atomic mass is 127. The van der Waals surface area contributed by atoms with Gasteiger partial charge in [0.25, 0.3) is 0 Å². The summed E-state index contributed by atoms with van der Waals surface area (Å²) >= 11 is 0. The van der Waals surface area contributed by atoms with Gasteiger partial charge in [-0.05, 0) is 19.3 Å². The van der Waals surface area contributed by atoms with E-state index in [9.17, 15) is 0 Å². The maximum atomic E-state index is 4.20. The molecule has 2 N–H and O–H groups in total. The second-order valence-corrected chi connectivity index (χ2v) is 4.60. The van der Waals surface area contributed by atoms with E-state index in [0.29, 0.717) is 6.04 Å². The van der Waals surface area contributed by atoms with Crippen LogP contribution in [0.15, 0.2) is 17.6 Å². The molecule has 17 heavy (non-hydrogen) atoms. The highest BCUT2D eigenvalue weighted by Crippen LogP contribution is 2.29. The summed E-state index contributed by atoms with van der Waals surface area (Å²) in [4.78, 5) is 6.80. The lowest BCUT2D eigenvalue weighted by atomic mass is 10.3. The Morgan fingerprint density at radius 3 is 2.82 bits per heavy atom. The van der Waals surface area contributed by atoms with Crippen molar-refractivity contribution in [3.05, 3.63) is 12.7 Å². The van der Waals surface area contributed by atoms with Crippen molar-refractivity contribution < 1.29 is 0 Å². The van der Waals surface area contributed by atoms with Crippen molar-refractivity contribution in [2.24, 2.45) is 4.99 Å².